The second-order valence-corrected chi connectivity index (χ2v) is 4.02. The molecule has 2 rings (SSSR count). The number of carbonyl (C=O) groups excluding carboxylic acids is 2. The van der Waals surface area contributed by atoms with Crippen molar-refractivity contribution in [1.29, 1.82) is 0 Å². The number of aromatic nitrogens is 1. The number of hydrogen-bond donors (Lipinski definition) is 1. The van der Waals surface area contributed by atoms with Crippen LogP contribution in [-0.2, 0) is 4.79 Å². The van der Waals surface area contributed by atoms with Gasteiger partial charge in [0.1, 0.15) is 11.7 Å². The smallest absolute Gasteiger partial charge is 0.326 e. The molecule has 1 aliphatic rings. The van der Waals surface area contributed by atoms with Crippen LogP contribution >= 0.6 is 0 Å². The first kappa shape index (κ1) is 12.2. The SMILES string of the molecule is CCCC(C(=O)O)N1C(=O)c2cccnc2C1=O. The molecule has 0 saturated carbocycles. The maximum Gasteiger partial charge on any atom is 0.326 e. The lowest BCUT2D eigenvalue weighted by molar-refractivity contribution is -0.141. The predicted molar refractivity (Wildman–Crippen MR) is 61.1 cm³/mol. The van der Waals surface area contributed by atoms with Crippen LogP contribution in [0.5, 0.6) is 0 Å². The van der Waals surface area contributed by atoms with E-state index < -0.39 is 23.8 Å². The summed E-state index contributed by atoms with van der Waals surface area (Å²) in [6.07, 6.45) is 2.21. The van der Waals surface area contributed by atoms with Gasteiger partial charge in [0.25, 0.3) is 11.8 Å². The Morgan fingerprint density at radius 1 is 1.44 bits per heavy atom. The van der Waals surface area contributed by atoms with Crippen LogP contribution in [-0.4, -0.2) is 38.8 Å². The molecule has 1 atom stereocenters. The third-order valence-electron chi connectivity index (χ3n) is 2.84. The molecular weight excluding hydrogens is 236 g/mol. The third-order valence-corrected chi connectivity index (χ3v) is 2.84. The Morgan fingerprint density at radius 2 is 2.17 bits per heavy atom. The fraction of sp³-hybridized carbons (Fsp3) is 0.333. The van der Waals surface area contributed by atoms with Crippen LogP contribution in [0.2, 0.25) is 0 Å². The zero-order valence-corrected chi connectivity index (χ0v) is 9.79. The van der Waals surface area contributed by atoms with Crippen molar-refractivity contribution in [1.82, 2.24) is 9.88 Å². The molecule has 94 valence electrons. The fourth-order valence-electron chi connectivity index (χ4n) is 2.00. The lowest BCUT2D eigenvalue weighted by Gasteiger charge is -2.21. The van der Waals surface area contributed by atoms with E-state index in [2.05, 4.69) is 4.98 Å². The highest BCUT2D eigenvalue weighted by atomic mass is 16.4. The van der Waals surface area contributed by atoms with Gasteiger partial charge in [0, 0.05) is 6.20 Å². The van der Waals surface area contributed by atoms with Crippen molar-refractivity contribution < 1.29 is 19.5 Å². The van der Waals surface area contributed by atoms with Gasteiger partial charge in [0.15, 0.2) is 0 Å². The topological polar surface area (TPSA) is 87.6 Å². The standard InChI is InChI=1S/C12H12N2O4/c1-2-4-8(12(17)18)14-10(15)7-5-3-6-13-9(7)11(14)16/h3,5-6,8H,2,4H2,1H3,(H,17,18). The molecule has 1 aromatic rings. The van der Waals surface area contributed by atoms with Crippen molar-refractivity contribution in [2.75, 3.05) is 0 Å². The minimum atomic E-state index is -1.17. The van der Waals surface area contributed by atoms with Gasteiger partial charge in [-0.3, -0.25) is 19.5 Å². The number of carboxylic acids is 1. The first-order chi connectivity index (χ1) is 8.57. The van der Waals surface area contributed by atoms with Crippen LogP contribution < -0.4 is 0 Å². The van der Waals surface area contributed by atoms with Crippen LogP contribution in [0.3, 0.4) is 0 Å². The minimum absolute atomic E-state index is 0.0323. The molecule has 0 radical (unpaired) electrons. The molecule has 18 heavy (non-hydrogen) atoms. The van der Waals surface area contributed by atoms with Crippen molar-refractivity contribution in [3.8, 4) is 0 Å². The van der Waals surface area contributed by atoms with Crippen LogP contribution in [0, 0.1) is 0 Å². The summed E-state index contributed by atoms with van der Waals surface area (Å²) in [6.45, 7) is 1.80. The Morgan fingerprint density at radius 3 is 2.72 bits per heavy atom. The molecule has 2 amide bonds. The van der Waals surface area contributed by atoms with E-state index in [0.29, 0.717) is 6.42 Å². The van der Waals surface area contributed by atoms with Crippen molar-refractivity contribution >= 4 is 17.8 Å². The molecule has 6 heteroatoms. The van der Waals surface area contributed by atoms with E-state index in [1.807, 2.05) is 0 Å². The van der Waals surface area contributed by atoms with Gasteiger partial charge in [-0.1, -0.05) is 13.3 Å². The van der Waals surface area contributed by atoms with Crippen LogP contribution in [0.1, 0.15) is 40.6 Å². The number of pyridine rings is 1. The maximum absolute atomic E-state index is 12.0. The largest absolute Gasteiger partial charge is 0.480 e. The molecular formula is C12H12N2O4. The predicted octanol–water partition coefficient (Wildman–Crippen LogP) is 0.931. The number of rotatable bonds is 4. The summed E-state index contributed by atoms with van der Waals surface area (Å²) < 4.78 is 0. The number of carboxylic acid groups (broad SMARTS) is 1. The molecule has 0 fully saturated rings. The summed E-state index contributed by atoms with van der Waals surface area (Å²) >= 11 is 0. The van der Waals surface area contributed by atoms with Gasteiger partial charge < -0.3 is 5.11 Å². The number of carbonyl (C=O) groups is 3. The van der Waals surface area contributed by atoms with E-state index in [-0.39, 0.29) is 17.7 Å². The Bertz CT molecular complexity index is 492. The second-order valence-electron chi connectivity index (χ2n) is 4.02. The molecule has 0 saturated heterocycles. The number of fused-ring (bicyclic) bond motifs is 1. The Labute approximate surface area is 103 Å². The Balaban J connectivity index is 2.41. The first-order valence-electron chi connectivity index (χ1n) is 5.63. The Kier molecular flexibility index (Phi) is 3.10. The quantitative estimate of drug-likeness (QED) is 0.801. The number of nitrogens with zero attached hydrogens (tertiary/aromatic N) is 2. The highest BCUT2D eigenvalue weighted by Crippen LogP contribution is 2.24. The molecule has 0 aromatic carbocycles. The van der Waals surface area contributed by atoms with Gasteiger partial charge in [-0.05, 0) is 18.6 Å². The van der Waals surface area contributed by atoms with E-state index in [9.17, 15) is 14.4 Å². The van der Waals surface area contributed by atoms with Crippen LogP contribution in [0.15, 0.2) is 18.3 Å². The van der Waals surface area contributed by atoms with Crippen LogP contribution in [0.4, 0.5) is 0 Å². The van der Waals surface area contributed by atoms with Crippen LogP contribution in [0.25, 0.3) is 0 Å². The zero-order chi connectivity index (χ0) is 13.3. The average molecular weight is 248 g/mol. The molecule has 2 heterocycles. The Hall–Kier alpha value is -2.24. The van der Waals surface area contributed by atoms with E-state index in [1.165, 1.54) is 12.3 Å². The fourth-order valence-corrected chi connectivity index (χ4v) is 2.00. The molecule has 0 aliphatic carbocycles. The minimum Gasteiger partial charge on any atom is -0.480 e. The number of imide groups is 1. The molecule has 0 bridgehead atoms. The van der Waals surface area contributed by atoms with E-state index in [0.717, 1.165) is 4.90 Å². The normalized spacial score (nSPS) is 15.7. The summed E-state index contributed by atoms with van der Waals surface area (Å²) in [6, 6.07) is 1.90. The summed E-state index contributed by atoms with van der Waals surface area (Å²) in [5.41, 5.74) is 0.203. The molecule has 6 nitrogen and oxygen atoms in total. The van der Waals surface area contributed by atoms with E-state index in [4.69, 9.17) is 5.11 Å². The summed E-state index contributed by atoms with van der Waals surface area (Å²) in [5.74, 6) is -2.38. The van der Waals surface area contributed by atoms with Crippen molar-refractivity contribution in [3.05, 3.63) is 29.6 Å². The van der Waals surface area contributed by atoms with Crippen molar-refractivity contribution in [3.63, 3.8) is 0 Å². The zero-order valence-electron chi connectivity index (χ0n) is 9.79. The average Bonchev–Trinajstić information content (AvgIpc) is 2.60. The number of amides is 2. The molecule has 1 N–H and O–H groups in total. The summed E-state index contributed by atoms with van der Waals surface area (Å²) in [5, 5.41) is 9.11. The maximum atomic E-state index is 12.0. The molecule has 1 unspecified atom stereocenters. The third kappa shape index (κ3) is 1.75. The van der Waals surface area contributed by atoms with E-state index in [1.54, 1.807) is 13.0 Å². The number of hydrogen-bond acceptors (Lipinski definition) is 4. The van der Waals surface area contributed by atoms with Gasteiger partial charge in [-0.25, -0.2) is 4.79 Å². The van der Waals surface area contributed by atoms with Gasteiger partial charge >= 0.3 is 5.97 Å². The lowest BCUT2D eigenvalue weighted by Crippen LogP contribution is -2.44. The van der Waals surface area contributed by atoms with Gasteiger partial charge in [-0.2, -0.15) is 0 Å². The lowest BCUT2D eigenvalue weighted by atomic mass is 10.1. The second kappa shape index (κ2) is 4.56. The molecule has 0 spiro atoms. The van der Waals surface area contributed by atoms with Gasteiger partial charge in [-0.15, -0.1) is 0 Å². The highest BCUT2D eigenvalue weighted by Gasteiger charge is 2.43. The van der Waals surface area contributed by atoms with Crippen molar-refractivity contribution in [2.45, 2.75) is 25.8 Å². The van der Waals surface area contributed by atoms with Gasteiger partial charge in [0.2, 0.25) is 0 Å². The summed E-state index contributed by atoms with van der Waals surface area (Å²) in [4.78, 5) is 39.8. The first-order valence-corrected chi connectivity index (χ1v) is 5.63. The summed E-state index contributed by atoms with van der Waals surface area (Å²) in [7, 11) is 0. The van der Waals surface area contributed by atoms with Crippen molar-refractivity contribution in [2.24, 2.45) is 0 Å². The molecule has 1 aromatic heterocycles. The van der Waals surface area contributed by atoms with Gasteiger partial charge in [0.05, 0.1) is 5.56 Å². The monoisotopic (exact) mass is 248 g/mol. The molecule has 1 aliphatic heterocycles. The number of aliphatic carboxylic acids is 1. The highest BCUT2D eigenvalue weighted by molar-refractivity contribution is 6.21. The van der Waals surface area contributed by atoms with E-state index >= 15 is 0 Å².